The number of aromatic nitrogens is 1. The zero-order valence-corrected chi connectivity index (χ0v) is 13.6. The van der Waals surface area contributed by atoms with Crippen molar-refractivity contribution in [2.45, 2.75) is 20.8 Å². The summed E-state index contributed by atoms with van der Waals surface area (Å²) in [7, 11) is 2.05. The molecule has 0 unspecified atom stereocenters. The van der Waals surface area contributed by atoms with Gasteiger partial charge in [0.1, 0.15) is 0 Å². The van der Waals surface area contributed by atoms with E-state index in [1.165, 1.54) is 11.3 Å². The van der Waals surface area contributed by atoms with Gasteiger partial charge in [-0.1, -0.05) is 35.9 Å². The van der Waals surface area contributed by atoms with E-state index < -0.39 is 0 Å². The first-order valence-electron chi connectivity index (χ1n) is 7.53. The lowest BCUT2D eigenvalue weighted by Crippen LogP contribution is -2.07. The molecule has 0 aliphatic carbocycles. The minimum atomic E-state index is 0.590. The van der Waals surface area contributed by atoms with E-state index in [1.807, 2.05) is 14.0 Å². The average Bonchev–Trinajstić information content (AvgIpc) is 2.67. The van der Waals surface area contributed by atoms with Crippen molar-refractivity contribution in [1.82, 2.24) is 4.57 Å². The molecule has 2 aromatic rings. The molecule has 0 saturated heterocycles. The molecule has 1 aromatic heterocycles. The number of benzene rings is 1. The van der Waals surface area contributed by atoms with E-state index in [9.17, 15) is 0 Å². The van der Waals surface area contributed by atoms with Crippen molar-refractivity contribution in [2.75, 3.05) is 6.54 Å². The van der Waals surface area contributed by atoms with Crippen LogP contribution in [0.25, 0.3) is 5.57 Å². The van der Waals surface area contributed by atoms with Gasteiger partial charge in [-0.2, -0.15) is 0 Å². The van der Waals surface area contributed by atoms with Gasteiger partial charge in [0, 0.05) is 46.9 Å². The molecule has 0 saturated carbocycles. The molecular formula is C19H21N3. The van der Waals surface area contributed by atoms with Crippen molar-refractivity contribution in [2.24, 2.45) is 12.0 Å². The summed E-state index contributed by atoms with van der Waals surface area (Å²) in [6.45, 7) is 6.67. The molecule has 1 aliphatic rings. The van der Waals surface area contributed by atoms with Crippen molar-refractivity contribution in [1.29, 1.82) is 5.41 Å². The van der Waals surface area contributed by atoms with Gasteiger partial charge in [-0.15, -0.1) is 0 Å². The zero-order valence-electron chi connectivity index (χ0n) is 13.6. The van der Waals surface area contributed by atoms with Gasteiger partial charge in [0.2, 0.25) is 0 Å². The molecule has 3 rings (SSSR count). The van der Waals surface area contributed by atoms with Gasteiger partial charge >= 0.3 is 0 Å². The quantitative estimate of drug-likeness (QED) is 0.815. The van der Waals surface area contributed by atoms with Crippen LogP contribution >= 0.6 is 0 Å². The van der Waals surface area contributed by atoms with E-state index in [-0.39, 0.29) is 0 Å². The van der Waals surface area contributed by atoms with Gasteiger partial charge in [0.05, 0.1) is 12.3 Å². The van der Waals surface area contributed by atoms with Gasteiger partial charge in [0.25, 0.3) is 0 Å². The number of allylic oxidation sites excluding steroid dienone is 1. The van der Waals surface area contributed by atoms with E-state index in [1.54, 1.807) is 0 Å². The number of nitrogens with one attached hydrogen (secondary N) is 1. The number of nitrogens with zero attached hydrogens (tertiary/aromatic N) is 2. The largest absolute Gasteiger partial charge is 0.353 e. The number of fused-ring (bicyclic) bond motifs is 1. The van der Waals surface area contributed by atoms with Crippen molar-refractivity contribution in [3.05, 3.63) is 64.5 Å². The van der Waals surface area contributed by atoms with Crippen LogP contribution in [0.2, 0.25) is 0 Å². The lowest BCUT2D eigenvalue weighted by atomic mass is 9.94. The summed E-state index contributed by atoms with van der Waals surface area (Å²) >= 11 is 0. The second kappa shape index (κ2) is 5.41. The van der Waals surface area contributed by atoms with Crippen molar-refractivity contribution < 1.29 is 0 Å². The Hall–Kier alpha value is -2.42. The lowest BCUT2D eigenvalue weighted by Gasteiger charge is -2.10. The molecule has 0 fully saturated rings. The molecule has 1 N–H and O–H groups in total. The fourth-order valence-electron chi connectivity index (χ4n) is 2.95. The van der Waals surface area contributed by atoms with Gasteiger partial charge in [0.15, 0.2) is 0 Å². The number of hydrogen-bond acceptors (Lipinski definition) is 2. The number of hydrogen-bond donors (Lipinski definition) is 1. The Kier molecular flexibility index (Phi) is 3.57. The number of aryl methyl sites for hydroxylation is 2. The summed E-state index contributed by atoms with van der Waals surface area (Å²) in [4.78, 5) is 4.80. The van der Waals surface area contributed by atoms with Crippen LogP contribution in [-0.4, -0.2) is 22.5 Å². The highest BCUT2D eigenvalue weighted by Crippen LogP contribution is 2.29. The molecule has 1 aliphatic heterocycles. The molecule has 3 heteroatoms. The first-order valence-corrected chi connectivity index (χ1v) is 7.53. The van der Waals surface area contributed by atoms with Gasteiger partial charge in [-0.3, -0.25) is 4.99 Å². The highest BCUT2D eigenvalue weighted by atomic mass is 14.9. The maximum atomic E-state index is 8.07. The molecule has 2 heterocycles. The number of rotatable bonds is 2. The van der Waals surface area contributed by atoms with E-state index in [0.717, 1.165) is 28.0 Å². The molecule has 3 nitrogen and oxygen atoms in total. The Morgan fingerprint density at radius 2 is 1.86 bits per heavy atom. The van der Waals surface area contributed by atoms with Crippen LogP contribution in [0.1, 0.15) is 34.9 Å². The van der Waals surface area contributed by atoms with Gasteiger partial charge in [-0.05, 0) is 20.8 Å². The van der Waals surface area contributed by atoms with Crippen LogP contribution < -0.4 is 0 Å². The van der Waals surface area contributed by atoms with E-state index in [4.69, 9.17) is 10.4 Å². The maximum absolute atomic E-state index is 8.07. The summed E-state index contributed by atoms with van der Waals surface area (Å²) in [6.07, 6.45) is 4.17. The van der Waals surface area contributed by atoms with Crippen LogP contribution in [0.4, 0.5) is 0 Å². The molecular weight excluding hydrogens is 270 g/mol. The van der Waals surface area contributed by atoms with Gasteiger partial charge in [-0.25, -0.2) is 0 Å². The Balaban J connectivity index is 2.22. The van der Waals surface area contributed by atoms with E-state index in [2.05, 4.69) is 55.0 Å². The van der Waals surface area contributed by atoms with Crippen molar-refractivity contribution in [3.8, 4) is 0 Å². The Labute approximate surface area is 131 Å². The van der Waals surface area contributed by atoms with E-state index in [0.29, 0.717) is 12.3 Å². The Bertz CT molecular complexity index is 802. The summed E-state index contributed by atoms with van der Waals surface area (Å²) in [5, 5.41) is 8.07. The van der Waals surface area contributed by atoms with Crippen LogP contribution in [0, 0.1) is 19.3 Å². The first kappa shape index (κ1) is 14.5. The van der Waals surface area contributed by atoms with Crippen LogP contribution in [0.15, 0.2) is 41.5 Å². The molecule has 0 spiro atoms. The predicted octanol–water partition coefficient (Wildman–Crippen LogP) is 3.92. The standard InChI is InChI=1S/C19H21N3/c1-12-5-7-15(8-6-12)19-18-14(3)22(4)11-17(18)16(13(2)20)9-10-21-19/h5-9,11,20H,10H2,1-4H3. The predicted molar refractivity (Wildman–Crippen MR) is 93.2 cm³/mol. The smallest absolute Gasteiger partial charge is 0.0747 e. The van der Waals surface area contributed by atoms with E-state index >= 15 is 0 Å². The molecule has 0 bridgehead atoms. The highest BCUT2D eigenvalue weighted by Gasteiger charge is 2.22. The van der Waals surface area contributed by atoms with Crippen LogP contribution in [0.3, 0.4) is 0 Å². The molecule has 0 radical (unpaired) electrons. The Morgan fingerprint density at radius 3 is 2.50 bits per heavy atom. The fraction of sp³-hybridized carbons (Fsp3) is 0.263. The van der Waals surface area contributed by atoms with Gasteiger partial charge < -0.3 is 9.98 Å². The number of aliphatic imine (C=N–C) groups is 1. The molecule has 22 heavy (non-hydrogen) atoms. The van der Waals surface area contributed by atoms with Crippen molar-refractivity contribution in [3.63, 3.8) is 0 Å². The molecule has 1 aromatic carbocycles. The Morgan fingerprint density at radius 1 is 1.18 bits per heavy atom. The zero-order chi connectivity index (χ0) is 15.9. The third kappa shape index (κ3) is 2.33. The molecule has 0 atom stereocenters. The van der Waals surface area contributed by atoms with Crippen LogP contribution in [-0.2, 0) is 7.05 Å². The second-order valence-corrected chi connectivity index (χ2v) is 5.91. The lowest BCUT2D eigenvalue weighted by molar-refractivity contribution is 0.880. The monoisotopic (exact) mass is 291 g/mol. The maximum Gasteiger partial charge on any atom is 0.0747 e. The molecule has 112 valence electrons. The van der Waals surface area contributed by atoms with Crippen molar-refractivity contribution >= 4 is 17.0 Å². The third-order valence-electron chi connectivity index (χ3n) is 4.28. The first-order chi connectivity index (χ1) is 10.5. The summed E-state index contributed by atoms with van der Waals surface area (Å²) in [5.74, 6) is 0. The highest BCUT2D eigenvalue weighted by molar-refractivity contribution is 6.26. The minimum absolute atomic E-state index is 0.590. The molecule has 0 amide bonds. The summed E-state index contributed by atoms with van der Waals surface area (Å²) < 4.78 is 2.12. The minimum Gasteiger partial charge on any atom is -0.353 e. The van der Waals surface area contributed by atoms with Crippen LogP contribution in [0.5, 0.6) is 0 Å². The third-order valence-corrected chi connectivity index (χ3v) is 4.28. The second-order valence-electron chi connectivity index (χ2n) is 5.91. The average molecular weight is 291 g/mol. The fourth-order valence-corrected chi connectivity index (χ4v) is 2.95. The summed E-state index contributed by atoms with van der Waals surface area (Å²) in [6, 6.07) is 8.51. The topological polar surface area (TPSA) is 41.1 Å². The summed E-state index contributed by atoms with van der Waals surface area (Å²) in [5.41, 5.74) is 8.45. The normalized spacial score (nSPS) is 14.0. The SMILES string of the molecule is CC(=N)C1=CCN=C(c2ccc(C)cc2)c2c1cn(C)c2C.